The summed E-state index contributed by atoms with van der Waals surface area (Å²) in [6.07, 6.45) is -0.817. The van der Waals surface area contributed by atoms with Crippen molar-refractivity contribution in [2.24, 2.45) is 0 Å². The van der Waals surface area contributed by atoms with Gasteiger partial charge in [0.1, 0.15) is 6.10 Å². The monoisotopic (exact) mass is 315 g/mol. The Bertz CT molecular complexity index is 557. The van der Waals surface area contributed by atoms with Crippen LogP contribution in [0.2, 0.25) is 0 Å². The summed E-state index contributed by atoms with van der Waals surface area (Å²) < 4.78 is 5.99. The molecule has 0 unspecified atom stereocenters. The first-order valence-electron chi connectivity index (χ1n) is 7.93. The molecule has 2 aromatic carbocycles. The Hall–Kier alpha value is -1.72. The highest BCUT2D eigenvalue weighted by atomic mass is 16.5. The molecule has 0 aliphatic rings. The van der Waals surface area contributed by atoms with E-state index in [9.17, 15) is 5.11 Å². The van der Waals surface area contributed by atoms with Gasteiger partial charge in [0.25, 0.3) is 0 Å². The summed E-state index contributed by atoms with van der Waals surface area (Å²) in [7, 11) is 0. The van der Waals surface area contributed by atoms with Gasteiger partial charge in [0.05, 0.1) is 19.3 Å². The third kappa shape index (κ3) is 5.77. The van der Waals surface area contributed by atoms with Crippen molar-refractivity contribution in [2.45, 2.75) is 19.1 Å². The van der Waals surface area contributed by atoms with Crippen LogP contribution in [0.25, 0.3) is 0 Å². The fraction of sp³-hybridized carbons (Fsp3) is 0.368. The predicted octanol–water partition coefficient (Wildman–Crippen LogP) is 2.04. The van der Waals surface area contributed by atoms with E-state index in [1.54, 1.807) is 0 Å². The number of aliphatic hydroxyl groups is 2. The third-order valence-electron chi connectivity index (χ3n) is 3.61. The molecular formula is C19H25NO3. The molecule has 0 fully saturated rings. The molecule has 0 radical (unpaired) electrons. The fourth-order valence-corrected chi connectivity index (χ4v) is 2.37. The average molecular weight is 315 g/mol. The summed E-state index contributed by atoms with van der Waals surface area (Å²) in [6, 6.07) is 18.2. The summed E-state index contributed by atoms with van der Waals surface area (Å²) >= 11 is 0. The van der Waals surface area contributed by atoms with E-state index in [0.717, 1.165) is 11.1 Å². The number of nitrogens with one attached hydrogen (secondary N) is 1. The van der Waals surface area contributed by atoms with E-state index in [1.165, 1.54) is 5.56 Å². The Balaban J connectivity index is 2.04. The molecule has 0 saturated heterocycles. The summed E-state index contributed by atoms with van der Waals surface area (Å²) in [4.78, 5) is 0. The smallest absolute Gasteiger partial charge is 0.108 e. The van der Waals surface area contributed by atoms with Crippen LogP contribution in [0.3, 0.4) is 0 Å². The van der Waals surface area contributed by atoms with Crippen molar-refractivity contribution < 1.29 is 14.9 Å². The second-order valence-corrected chi connectivity index (χ2v) is 5.62. The lowest BCUT2D eigenvalue weighted by Gasteiger charge is -2.21. The first-order chi connectivity index (χ1) is 11.2. The third-order valence-corrected chi connectivity index (χ3v) is 3.61. The molecule has 0 heterocycles. The zero-order chi connectivity index (χ0) is 16.5. The number of hydrogen-bond donors (Lipinski definition) is 3. The van der Waals surface area contributed by atoms with Crippen LogP contribution in [0, 0.1) is 6.92 Å². The topological polar surface area (TPSA) is 61.7 Å². The summed E-state index contributed by atoms with van der Waals surface area (Å²) in [6.45, 7) is 3.21. The van der Waals surface area contributed by atoms with Crippen LogP contribution in [-0.2, 0) is 4.74 Å². The molecule has 0 aliphatic carbocycles. The first-order valence-corrected chi connectivity index (χ1v) is 7.93. The minimum atomic E-state index is -0.613. The Labute approximate surface area is 137 Å². The molecule has 0 amide bonds. The highest BCUT2D eigenvalue weighted by Gasteiger charge is 2.16. The molecule has 0 saturated carbocycles. The molecular weight excluding hydrogens is 290 g/mol. The molecule has 3 N–H and O–H groups in total. The molecule has 124 valence electrons. The molecule has 0 aliphatic heterocycles. The minimum Gasteiger partial charge on any atom is -0.395 e. The molecule has 0 aromatic heterocycles. The highest BCUT2D eigenvalue weighted by Crippen LogP contribution is 2.26. The van der Waals surface area contributed by atoms with Crippen LogP contribution < -0.4 is 5.32 Å². The zero-order valence-corrected chi connectivity index (χ0v) is 13.5. The van der Waals surface area contributed by atoms with Crippen LogP contribution in [0.5, 0.6) is 0 Å². The molecule has 2 atom stereocenters. The van der Waals surface area contributed by atoms with Crippen molar-refractivity contribution in [2.75, 3.05) is 26.3 Å². The summed E-state index contributed by atoms with van der Waals surface area (Å²) in [5.41, 5.74) is 3.33. The van der Waals surface area contributed by atoms with Crippen molar-refractivity contribution in [1.82, 2.24) is 5.32 Å². The average Bonchev–Trinajstić information content (AvgIpc) is 2.58. The van der Waals surface area contributed by atoms with Crippen molar-refractivity contribution in [1.29, 1.82) is 0 Å². The van der Waals surface area contributed by atoms with Crippen molar-refractivity contribution in [3.63, 3.8) is 0 Å². The second kappa shape index (κ2) is 9.43. The normalized spacial score (nSPS) is 13.7. The van der Waals surface area contributed by atoms with E-state index in [0.29, 0.717) is 13.1 Å². The molecule has 23 heavy (non-hydrogen) atoms. The number of benzene rings is 2. The van der Waals surface area contributed by atoms with Crippen molar-refractivity contribution in [3.05, 3.63) is 71.3 Å². The molecule has 0 bridgehead atoms. The maximum Gasteiger partial charge on any atom is 0.108 e. The summed E-state index contributed by atoms with van der Waals surface area (Å²) in [5.74, 6) is 0. The molecule has 2 rings (SSSR count). The van der Waals surface area contributed by atoms with Crippen LogP contribution >= 0.6 is 0 Å². The van der Waals surface area contributed by atoms with E-state index in [2.05, 4.69) is 36.5 Å². The van der Waals surface area contributed by atoms with Gasteiger partial charge in [0.15, 0.2) is 0 Å². The van der Waals surface area contributed by atoms with Gasteiger partial charge in [-0.25, -0.2) is 0 Å². The Kier molecular flexibility index (Phi) is 7.23. The van der Waals surface area contributed by atoms with Crippen LogP contribution in [0.15, 0.2) is 54.6 Å². The van der Waals surface area contributed by atoms with Gasteiger partial charge in [-0.2, -0.15) is 0 Å². The van der Waals surface area contributed by atoms with Crippen LogP contribution in [0.1, 0.15) is 22.8 Å². The van der Waals surface area contributed by atoms with Gasteiger partial charge < -0.3 is 20.3 Å². The van der Waals surface area contributed by atoms with Gasteiger partial charge >= 0.3 is 0 Å². The van der Waals surface area contributed by atoms with Gasteiger partial charge in [-0.1, -0.05) is 60.2 Å². The van der Waals surface area contributed by atoms with Crippen molar-refractivity contribution >= 4 is 0 Å². The lowest BCUT2D eigenvalue weighted by Crippen LogP contribution is -2.32. The molecule has 4 heteroatoms. The largest absolute Gasteiger partial charge is 0.395 e. The van der Waals surface area contributed by atoms with Crippen molar-refractivity contribution in [3.8, 4) is 0 Å². The quantitative estimate of drug-likeness (QED) is 0.620. The Morgan fingerprint density at radius 1 is 1.00 bits per heavy atom. The number of ether oxygens (including phenoxy) is 1. The summed E-state index contributed by atoms with van der Waals surface area (Å²) in [5, 5.41) is 21.7. The predicted molar refractivity (Wildman–Crippen MR) is 91.4 cm³/mol. The van der Waals surface area contributed by atoms with E-state index >= 15 is 0 Å². The number of rotatable bonds is 9. The maximum atomic E-state index is 9.99. The van der Waals surface area contributed by atoms with Gasteiger partial charge in [-0.05, 0) is 18.1 Å². The van der Waals surface area contributed by atoms with Gasteiger partial charge in [-0.3, -0.25) is 0 Å². The highest BCUT2D eigenvalue weighted by molar-refractivity contribution is 5.31. The number of aryl methyl sites for hydroxylation is 1. The SMILES string of the molecule is Cc1ccc([C@H](OC[C@@H](O)CNCCO)c2ccccc2)cc1. The van der Waals surface area contributed by atoms with E-state index in [-0.39, 0.29) is 19.3 Å². The second-order valence-electron chi connectivity index (χ2n) is 5.62. The number of hydrogen-bond acceptors (Lipinski definition) is 4. The lowest BCUT2D eigenvalue weighted by molar-refractivity contribution is 0.00636. The molecule has 2 aromatic rings. The van der Waals surface area contributed by atoms with Gasteiger partial charge in [0.2, 0.25) is 0 Å². The van der Waals surface area contributed by atoms with E-state index < -0.39 is 6.10 Å². The minimum absolute atomic E-state index is 0.0591. The van der Waals surface area contributed by atoms with Gasteiger partial charge in [0, 0.05) is 13.1 Å². The van der Waals surface area contributed by atoms with E-state index in [1.807, 2.05) is 30.3 Å². The number of aliphatic hydroxyl groups excluding tert-OH is 2. The Morgan fingerprint density at radius 2 is 1.65 bits per heavy atom. The van der Waals surface area contributed by atoms with Gasteiger partial charge in [-0.15, -0.1) is 0 Å². The zero-order valence-electron chi connectivity index (χ0n) is 13.5. The lowest BCUT2D eigenvalue weighted by atomic mass is 10.0. The Morgan fingerprint density at radius 3 is 2.30 bits per heavy atom. The standard InChI is InChI=1S/C19H25NO3/c1-15-7-9-17(10-8-15)19(16-5-3-2-4-6-16)23-14-18(22)13-20-11-12-21/h2-10,18-22H,11-14H2,1H3/t18-,19+/m0/s1. The van der Waals surface area contributed by atoms with Crippen LogP contribution in [-0.4, -0.2) is 42.6 Å². The fourth-order valence-electron chi connectivity index (χ4n) is 2.37. The maximum absolute atomic E-state index is 9.99. The van der Waals surface area contributed by atoms with E-state index in [4.69, 9.17) is 9.84 Å². The molecule has 4 nitrogen and oxygen atoms in total. The molecule has 0 spiro atoms. The first kappa shape index (κ1) is 17.6. The van der Waals surface area contributed by atoms with Crippen LogP contribution in [0.4, 0.5) is 0 Å².